The molecule has 180 valence electrons. The smallest absolute Gasteiger partial charge is 0.0704 e. The van der Waals surface area contributed by atoms with Gasteiger partial charge in [-0.05, 0) is 32.8 Å². The van der Waals surface area contributed by atoms with Crippen LogP contribution in [-0.2, 0) is 6.42 Å². The van der Waals surface area contributed by atoms with Gasteiger partial charge < -0.3 is 16.2 Å². The molecule has 3 aromatic rings. The molecule has 0 spiro atoms. The molecule has 3 heteroatoms. The van der Waals surface area contributed by atoms with E-state index >= 15 is 0 Å². The number of nitrogens with one attached hydrogen (secondary N) is 1. The van der Waals surface area contributed by atoms with Crippen LogP contribution < -0.4 is 11.1 Å². The third-order valence-corrected chi connectivity index (χ3v) is 4.76. The summed E-state index contributed by atoms with van der Waals surface area (Å²) >= 11 is 0. The molecule has 0 amide bonds. The van der Waals surface area contributed by atoms with Gasteiger partial charge in [0.15, 0.2) is 0 Å². The lowest BCUT2D eigenvalue weighted by Gasteiger charge is -2.17. The number of aliphatic hydroxyl groups is 1. The molecule has 2 atom stereocenters. The molecule has 0 saturated heterocycles. The normalized spacial score (nSPS) is 11.1. The van der Waals surface area contributed by atoms with Crippen LogP contribution in [-0.4, -0.2) is 24.3 Å². The van der Waals surface area contributed by atoms with Gasteiger partial charge in [0, 0.05) is 24.7 Å². The first-order chi connectivity index (χ1) is 15.8. The predicted octanol–water partition coefficient (Wildman–Crippen LogP) is 6.30. The van der Waals surface area contributed by atoms with E-state index in [1.54, 1.807) is 0 Å². The van der Waals surface area contributed by atoms with Gasteiger partial charge in [-0.1, -0.05) is 123 Å². The summed E-state index contributed by atoms with van der Waals surface area (Å²) in [5.41, 5.74) is 10.3. The Morgan fingerprint density at radius 2 is 1.24 bits per heavy atom. The summed E-state index contributed by atoms with van der Waals surface area (Å²) in [6, 6.07) is 31.0. The summed E-state index contributed by atoms with van der Waals surface area (Å²) in [7, 11) is 0. The minimum absolute atomic E-state index is 0.177. The van der Waals surface area contributed by atoms with Crippen molar-refractivity contribution in [3.05, 3.63) is 120 Å². The molecule has 0 aliphatic rings. The number of nitrogens with two attached hydrogens (primary N) is 1. The van der Waals surface area contributed by atoms with Gasteiger partial charge in [0.2, 0.25) is 0 Å². The van der Waals surface area contributed by atoms with E-state index < -0.39 is 6.10 Å². The molecule has 3 nitrogen and oxygen atoms in total. The first-order valence-corrected chi connectivity index (χ1v) is 11.6. The maximum Gasteiger partial charge on any atom is 0.0704 e. The monoisotopic (exact) mass is 448 g/mol. The molecule has 0 bridgehead atoms. The fourth-order valence-corrected chi connectivity index (χ4v) is 2.49. The van der Waals surface area contributed by atoms with Crippen LogP contribution in [0.4, 0.5) is 0 Å². The van der Waals surface area contributed by atoms with Crippen LogP contribution in [0.2, 0.25) is 0 Å². The minimum Gasteiger partial charge on any atom is -0.391 e. The number of benzene rings is 3. The molecule has 1 unspecified atom stereocenters. The molecule has 0 heterocycles. The Morgan fingerprint density at radius 3 is 1.48 bits per heavy atom. The lowest BCUT2D eigenvalue weighted by atomic mass is 10.1. The van der Waals surface area contributed by atoms with Gasteiger partial charge in [0.05, 0.1) is 6.10 Å². The van der Waals surface area contributed by atoms with Crippen molar-refractivity contribution in [1.29, 1.82) is 0 Å². The second kappa shape index (κ2) is 19.8. The quantitative estimate of drug-likeness (QED) is 0.414. The Bertz CT molecular complexity index is 782. The first kappa shape index (κ1) is 30.1. The summed E-state index contributed by atoms with van der Waals surface area (Å²) in [5, 5.41) is 12.3. The lowest BCUT2D eigenvalue weighted by Crippen LogP contribution is -2.33. The van der Waals surface area contributed by atoms with Crippen LogP contribution in [0.5, 0.6) is 0 Å². The second-order valence-electron chi connectivity index (χ2n) is 8.09. The molecule has 4 N–H and O–H groups in total. The fourth-order valence-electron chi connectivity index (χ4n) is 2.49. The zero-order valence-electron chi connectivity index (χ0n) is 21.2. The Balaban J connectivity index is 0.000000420. The van der Waals surface area contributed by atoms with Crippen molar-refractivity contribution in [1.82, 2.24) is 5.32 Å². The average molecular weight is 449 g/mol. The number of hydrogen-bond donors (Lipinski definition) is 3. The van der Waals surface area contributed by atoms with E-state index in [0.29, 0.717) is 6.54 Å². The SMILES string of the molecule is C=C(C)NCC(C)[C@H](O)CN.CCc1ccccc1.Cc1ccccc1.Cc1ccccc1. The van der Waals surface area contributed by atoms with Crippen LogP contribution in [0.3, 0.4) is 0 Å². The zero-order chi connectivity index (χ0) is 24.9. The van der Waals surface area contributed by atoms with Gasteiger partial charge in [-0.25, -0.2) is 0 Å². The number of aryl methyl sites for hydroxylation is 3. The summed E-state index contributed by atoms with van der Waals surface area (Å²) < 4.78 is 0. The van der Waals surface area contributed by atoms with Crippen molar-refractivity contribution >= 4 is 0 Å². The van der Waals surface area contributed by atoms with E-state index in [1.807, 2.05) is 56.3 Å². The maximum atomic E-state index is 9.24. The van der Waals surface area contributed by atoms with Crippen molar-refractivity contribution < 1.29 is 5.11 Å². The highest BCUT2D eigenvalue weighted by Gasteiger charge is 2.10. The maximum absolute atomic E-state index is 9.24. The summed E-state index contributed by atoms with van der Waals surface area (Å²) in [6.07, 6.45) is 0.725. The van der Waals surface area contributed by atoms with E-state index in [-0.39, 0.29) is 5.92 Å². The number of aliphatic hydroxyl groups excluding tert-OH is 1. The van der Waals surface area contributed by atoms with E-state index in [1.165, 1.54) is 16.7 Å². The van der Waals surface area contributed by atoms with Gasteiger partial charge >= 0.3 is 0 Å². The van der Waals surface area contributed by atoms with Gasteiger partial charge in [-0.2, -0.15) is 0 Å². The highest BCUT2D eigenvalue weighted by molar-refractivity contribution is 5.14. The molecular formula is C30H44N2O. The van der Waals surface area contributed by atoms with Gasteiger partial charge in [0.1, 0.15) is 0 Å². The van der Waals surface area contributed by atoms with Crippen molar-refractivity contribution in [3.63, 3.8) is 0 Å². The highest BCUT2D eigenvalue weighted by Crippen LogP contribution is 2.00. The largest absolute Gasteiger partial charge is 0.391 e. The third kappa shape index (κ3) is 18.4. The molecule has 0 aliphatic heterocycles. The lowest BCUT2D eigenvalue weighted by molar-refractivity contribution is 0.125. The van der Waals surface area contributed by atoms with Crippen molar-refractivity contribution in [3.8, 4) is 0 Å². The van der Waals surface area contributed by atoms with Crippen LogP contribution in [0.1, 0.15) is 37.5 Å². The zero-order valence-corrected chi connectivity index (χ0v) is 21.2. The van der Waals surface area contributed by atoms with Crippen LogP contribution in [0, 0.1) is 19.8 Å². The van der Waals surface area contributed by atoms with Crippen molar-refractivity contribution in [2.75, 3.05) is 13.1 Å². The highest BCUT2D eigenvalue weighted by atomic mass is 16.3. The van der Waals surface area contributed by atoms with Crippen LogP contribution >= 0.6 is 0 Å². The molecule has 33 heavy (non-hydrogen) atoms. The fraction of sp³-hybridized carbons (Fsp3) is 0.333. The summed E-state index contributed by atoms with van der Waals surface area (Å²) in [6.45, 7) is 14.9. The Hall–Kier alpha value is -2.88. The molecule has 0 radical (unpaired) electrons. The number of allylic oxidation sites excluding steroid dienone is 1. The third-order valence-electron chi connectivity index (χ3n) is 4.76. The molecular weight excluding hydrogens is 404 g/mol. The minimum atomic E-state index is -0.415. The Kier molecular flexibility index (Phi) is 18.1. The van der Waals surface area contributed by atoms with Gasteiger partial charge in [-0.3, -0.25) is 0 Å². The predicted molar refractivity (Wildman–Crippen MR) is 145 cm³/mol. The summed E-state index contributed by atoms with van der Waals surface area (Å²) in [4.78, 5) is 0. The number of rotatable bonds is 6. The van der Waals surface area contributed by atoms with E-state index in [4.69, 9.17) is 5.73 Å². The molecule has 3 aromatic carbocycles. The van der Waals surface area contributed by atoms with Gasteiger partial charge in [0.25, 0.3) is 0 Å². The standard InChI is InChI=1S/C8H18N2O.C8H10.2C7H8/c1-6(2)10-5-7(3)8(11)4-9;1-2-8-6-4-3-5-7-8;2*1-7-5-3-2-4-6-7/h7-8,10-11H,1,4-5,9H2,2-3H3;3-7H,2H2,1H3;2*2-6H,1H3/t7?,8-;;;/m1.../s1. The first-order valence-electron chi connectivity index (χ1n) is 11.6. The molecule has 0 saturated carbocycles. The Morgan fingerprint density at radius 1 is 0.848 bits per heavy atom. The number of hydrogen-bond acceptors (Lipinski definition) is 3. The van der Waals surface area contributed by atoms with Crippen molar-refractivity contribution in [2.45, 2.75) is 47.1 Å². The Labute approximate surface area is 202 Å². The van der Waals surface area contributed by atoms with E-state index in [2.05, 4.69) is 81.2 Å². The second-order valence-corrected chi connectivity index (χ2v) is 8.09. The van der Waals surface area contributed by atoms with Gasteiger partial charge in [-0.15, -0.1) is 0 Å². The molecule has 3 rings (SSSR count). The van der Waals surface area contributed by atoms with Crippen molar-refractivity contribution in [2.24, 2.45) is 11.7 Å². The van der Waals surface area contributed by atoms with E-state index in [0.717, 1.165) is 18.7 Å². The summed E-state index contributed by atoms with van der Waals surface area (Å²) in [5.74, 6) is 0.177. The van der Waals surface area contributed by atoms with Crippen LogP contribution in [0.25, 0.3) is 0 Å². The molecule has 0 aromatic heterocycles. The van der Waals surface area contributed by atoms with E-state index in [9.17, 15) is 5.11 Å². The molecule has 0 fully saturated rings. The molecule has 0 aliphatic carbocycles. The van der Waals surface area contributed by atoms with Crippen LogP contribution in [0.15, 0.2) is 103 Å². The average Bonchev–Trinajstić information content (AvgIpc) is 2.84. The topological polar surface area (TPSA) is 58.3 Å².